The van der Waals surface area contributed by atoms with Gasteiger partial charge in [0, 0.05) is 13.2 Å². The van der Waals surface area contributed by atoms with Gasteiger partial charge >= 0.3 is 0 Å². The average molecular weight is 279 g/mol. The smallest absolute Gasteiger partial charge is 0.235 e. The van der Waals surface area contributed by atoms with Crippen LogP contribution in [0.5, 0.6) is 0 Å². The lowest BCUT2D eigenvalue weighted by atomic mass is 9.97. The quantitative estimate of drug-likeness (QED) is 0.301. The Hall–Kier alpha value is -2.08. The first-order valence-corrected chi connectivity index (χ1v) is 6.51. The summed E-state index contributed by atoms with van der Waals surface area (Å²) in [6.45, 7) is 4.71. The molecule has 6 nitrogen and oxygen atoms in total. The molecule has 0 saturated heterocycles. The fourth-order valence-electron chi connectivity index (χ4n) is 1.85. The maximum atomic E-state index is 12.2. The molecule has 0 fully saturated rings. The zero-order chi connectivity index (χ0) is 15.0. The molecule has 1 rings (SSSR count). The summed E-state index contributed by atoms with van der Waals surface area (Å²) >= 11 is 0. The molecule has 6 heteroatoms. The number of ether oxygens (including phenoxy) is 1. The monoisotopic (exact) mass is 279 g/mol. The molecular formula is C14H21N3O3. The van der Waals surface area contributed by atoms with Crippen molar-refractivity contribution in [3.05, 3.63) is 35.9 Å². The van der Waals surface area contributed by atoms with Crippen LogP contribution in [0.25, 0.3) is 0 Å². The predicted octanol–water partition coefficient (Wildman–Crippen LogP) is 1.06. The van der Waals surface area contributed by atoms with Gasteiger partial charge in [0.05, 0.1) is 6.10 Å². The van der Waals surface area contributed by atoms with E-state index in [2.05, 4.69) is 10.5 Å². The van der Waals surface area contributed by atoms with Crippen LogP contribution in [-0.2, 0) is 9.53 Å². The first kappa shape index (κ1) is 16.0. The Kier molecular flexibility index (Phi) is 6.52. The standard InChI is InChI=1S/C14H21N3O3/c1-3-20-10(2)9-16-14(18)12(13(15)17-19)11-7-5-4-6-8-11/h4-8,10,12,19H,3,9H2,1-2H3,(H2,15,17)(H,16,18). The van der Waals surface area contributed by atoms with E-state index < -0.39 is 5.92 Å². The van der Waals surface area contributed by atoms with Gasteiger partial charge in [-0.05, 0) is 19.4 Å². The normalized spacial score (nSPS) is 14.6. The fraction of sp³-hybridized carbons (Fsp3) is 0.429. The molecule has 20 heavy (non-hydrogen) atoms. The second kappa shape index (κ2) is 8.16. The van der Waals surface area contributed by atoms with Gasteiger partial charge in [-0.15, -0.1) is 0 Å². The Morgan fingerprint density at radius 2 is 2.10 bits per heavy atom. The van der Waals surface area contributed by atoms with Gasteiger partial charge in [0.25, 0.3) is 0 Å². The maximum absolute atomic E-state index is 12.2. The number of hydrogen-bond donors (Lipinski definition) is 3. The highest BCUT2D eigenvalue weighted by Crippen LogP contribution is 2.16. The summed E-state index contributed by atoms with van der Waals surface area (Å²) in [5.74, 6) is -1.27. The minimum absolute atomic E-state index is 0.0901. The van der Waals surface area contributed by atoms with Crippen molar-refractivity contribution in [3.8, 4) is 0 Å². The number of nitrogens with zero attached hydrogens (tertiary/aromatic N) is 1. The summed E-state index contributed by atoms with van der Waals surface area (Å²) in [6.07, 6.45) is -0.0901. The van der Waals surface area contributed by atoms with E-state index in [-0.39, 0.29) is 17.8 Å². The number of benzene rings is 1. The largest absolute Gasteiger partial charge is 0.409 e. The number of nitrogens with one attached hydrogen (secondary N) is 1. The number of rotatable bonds is 7. The molecule has 0 radical (unpaired) electrons. The number of nitrogens with two attached hydrogens (primary N) is 1. The van der Waals surface area contributed by atoms with Crippen molar-refractivity contribution in [2.45, 2.75) is 25.9 Å². The van der Waals surface area contributed by atoms with Gasteiger partial charge in [0.2, 0.25) is 5.91 Å². The third-order valence-corrected chi connectivity index (χ3v) is 2.82. The summed E-state index contributed by atoms with van der Waals surface area (Å²) in [6, 6.07) is 8.94. The van der Waals surface area contributed by atoms with Gasteiger partial charge in [0.1, 0.15) is 5.92 Å². The Labute approximate surface area is 118 Å². The van der Waals surface area contributed by atoms with Crippen LogP contribution in [0.4, 0.5) is 0 Å². The van der Waals surface area contributed by atoms with E-state index in [1.165, 1.54) is 0 Å². The SMILES string of the molecule is CCOC(C)CNC(=O)C(/C(N)=N/O)c1ccccc1. The van der Waals surface area contributed by atoms with Crippen molar-refractivity contribution in [3.63, 3.8) is 0 Å². The molecule has 0 saturated carbocycles. The highest BCUT2D eigenvalue weighted by atomic mass is 16.5. The minimum Gasteiger partial charge on any atom is -0.409 e. The van der Waals surface area contributed by atoms with Crippen LogP contribution in [0.15, 0.2) is 35.5 Å². The molecule has 2 unspecified atom stereocenters. The van der Waals surface area contributed by atoms with Crippen molar-refractivity contribution in [1.82, 2.24) is 5.32 Å². The highest BCUT2D eigenvalue weighted by Gasteiger charge is 2.25. The molecule has 0 aliphatic heterocycles. The molecule has 1 aromatic rings. The third-order valence-electron chi connectivity index (χ3n) is 2.82. The summed E-state index contributed by atoms with van der Waals surface area (Å²) < 4.78 is 5.34. The molecule has 0 bridgehead atoms. The van der Waals surface area contributed by atoms with Crippen LogP contribution in [0.1, 0.15) is 25.3 Å². The Morgan fingerprint density at radius 3 is 2.65 bits per heavy atom. The van der Waals surface area contributed by atoms with Crippen LogP contribution < -0.4 is 11.1 Å². The van der Waals surface area contributed by atoms with E-state index >= 15 is 0 Å². The van der Waals surface area contributed by atoms with Gasteiger partial charge < -0.3 is 21.0 Å². The molecular weight excluding hydrogens is 258 g/mol. The van der Waals surface area contributed by atoms with Crippen LogP contribution in [-0.4, -0.2) is 36.2 Å². The summed E-state index contributed by atoms with van der Waals surface area (Å²) in [5.41, 5.74) is 6.29. The second-order valence-electron chi connectivity index (χ2n) is 4.38. The van der Waals surface area contributed by atoms with Crippen molar-refractivity contribution >= 4 is 11.7 Å². The Bertz CT molecular complexity index is 448. The molecule has 0 aromatic heterocycles. The molecule has 4 N–H and O–H groups in total. The van der Waals surface area contributed by atoms with E-state index in [4.69, 9.17) is 15.7 Å². The third kappa shape index (κ3) is 4.55. The van der Waals surface area contributed by atoms with E-state index in [1.54, 1.807) is 24.3 Å². The van der Waals surface area contributed by atoms with E-state index in [0.29, 0.717) is 18.7 Å². The fourth-order valence-corrected chi connectivity index (χ4v) is 1.85. The molecule has 110 valence electrons. The van der Waals surface area contributed by atoms with Crippen LogP contribution in [0, 0.1) is 0 Å². The van der Waals surface area contributed by atoms with Crippen molar-refractivity contribution < 1.29 is 14.7 Å². The number of carbonyl (C=O) groups excluding carboxylic acids is 1. The summed E-state index contributed by atoms with van der Waals surface area (Å²) in [5, 5.41) is 14.5. The topological polar surface area (TPSA) is 96.9 Å². The van der Waals surface area contributed by atoms with E-state index in [9.17, 15) is 4.79 Å². The predicted molar refractivity (Wildman–Crippen MR) is 76.7 cm³/mol. The summed E-state index contributed by atoms with van der Waals surface area (Å²) in [4.78, 5) is 12.2. The Balaban J connectivity index is 2.77. The lowest BCUT2D eigenvalue weighted by molar-refractivity contribution is -0.121. The second-order valence-corrected chi connectivity index (χ2v) is 4.38. The molecule has 0 spiro atoms. The lowest BCUT2D eigenvalue weighted by Gasteiger charge is -2.18. The number of hydrogen-bond acceptors (Lipinski definition) is 4. The number of amides is 1. The van der Waals surface area contributed by atoms with Crippen molar-refractivity contribution in [1.29, 1.82) is 0 Å². The van der Waals surface area contributed by atoms with Gasteiger partial charge in [-0.1, -0.05) is 35.5 Å². The molecule has 0 aliphatic rings. The van der Waals surface area contributed by atoms with Crippen molar-refractivity contribution in [2.75, 3.05) is 13.2 Å². The molecule has 1 aromatic carbocycles. The molecule has 0 heterocycles. The van der Waals surface area contributed by atoms with E-state index in [1.807, 2.05) is 19.9 Å². The zero-order valence-electron chi connectivity index (χ0n) is 11.7. The van der Waals surface area contributed by atoms with E-state index in [0.717, 1.165) is 0 Å². The molecule has 2 atom stereocenters. The van der Waals surface area contributed by atoms with Gasteiger partial charge in [-0.2, -0.15) is 0 Å². The lowest BCUT2D eigenvalue weighted by Crippen LogP contribution is -2.40. The minimum atomic E-state index is -0.810. The molecule has 0 aliphatic carbocycles. The van der Waals surface area contributed by atoms with Crippen LogP contribution in [0.3, 0.4) is 0 Å². The number of amidine groups is 1. The summed E-state index contributed by atoms with van der Waals surface area (Å²) in [7, 11) is 0. The van der Waals surface area contributed by atoms with Crippen LogP contribution >= 0.6 is 0 Å². The first-order chi connectivity index (χ1) is 9.60. The maximum Gasteiger partial charge on any atom is 0.235 e. The molecule has 1 amide bonds. The van der Waals surface area contributed by atoms with Crippen LogP contribution in [0.2, 0.25) is 0 Å². The van der Waals surface area contributed by atoms with Gasteiger partial charge in [-0.3, -0.25) is 4.79 Å². The Morgan fingerprint density at radius 1 is 1.45 bits per heavy atom. The zero-order valence-corrected chi connectivity index (χ0v) is 11.7. The highest BCUT2D eigenvalue weighted by molar-refractivity contribution is 6.07. The average Bonchev–Trinajstić information content (AvgIpc) is 2.46. The number of carbonyl (C=O) groups is 1. The number of oxime groups is 1. The van der Waals surface area contributed by atoms with Gasteiger partial charge in [0.15, 0.2) is 5.84 Å². The van der Waals surface area contributed by atoms with Crippen molar-refractivity contribution in [2.24, 2.45) is 10.9 Å². The van der Waals surface area contributed by atoms with Gasteiger partial charge in [-0.25, -0.2) is 0 Å². The first-order valence-electron chi connectivity index (χ1n) is 6.51.